The average Bonchev–Trinajstić information content (AvgIpc) is 2.68. The molecule has 0 spiro atoms. The Morgan fingerprint density at radius 3 is 2.59 bits per heavy atom. The number of benzene rings is 2. The molecule has 1 fully saturated rings. The van der Waals surface area contributed by atoms with Crippen molar-refractivity contribution in [2.75, 3.05) is 38.1 Å². The Bertz CT molecular complexity index is 1100. The van der Waals surface area contributed by atoms with E-state index < -0.39 is 0 Å². The second kappa shape index (κ2) is 6.90. The fourth-order valence-electron chi connectivity index (χ4n) is 3.68. The van der Waals surface area contributed by atoms with Gasteiger partial charge < -0.3 is 14.2 Å². The van der Waals surface area contributed by atoms with Crippen LogP contribution < -0.4 is 10.5 Å². The van der Waals surface area contributed by atoms with Gasteiger partial charge in [-0.3, -0.25) is 0 Å². The van der Waals surface area contributed by atoms with Gasteiger partial charge in [0.2, 0.25) is 0 Å². The first-order valence-corrected chi connectivity index (χ1v) is 9.08. The summed E-state index contributed by atoms with van der Waals surface area (Å²) in [4.78, 5) is 17.3. The van der Waals surface area contributed by atoms with Crippen molar-refractivity contribution in [3.8, 4) is 17.2 Å². The van der Waals surface area contributed by atoms with Crippen LogP contribution in [0.5, 0.6) is 0 Å². The minimum absolute atomic E-state index is 0.370. The van der Waals surface area contributed by atoms with Crippen LogP contribution in [0, 0.1) is 18.3 Å². The van der Waals surface area contributed by atoms with Gasteiger partial charge in [0, 0.05) is 43.3 Å². The Balaban J connectivity index is 1.80. The summed E-state index contributed by atoms with van der Waals surface area (Å²) < 4.78 is 5.68. The largest absolute Gasteiger partial charge is 0.422 e. The van der Waals surface area contributed by atoms with Crippen molar-refractivity contribution < 1.29 is 4.42 Å². The predicted molar refractivity (Wildman–Crippen MR) is 107 cm³/mol. The standard InChI is InChI=1S/C22H21N3O2/c1-15-19-7-6-18(25-10-8-24(2)9-11-25)13-20(19)27-22(26)21(15)17-5-3-4-16(12-17)14-23/h3-7,12-13H,8-11H2,1-2H3. The Kier molecular flexibility index (Phi) is 4.43. The summed E-state index contributed by atoms with van der Waals surface area (Å²) in [6.07, 6.45) is 0. The molecule has 2 heterocycles. The van der Waals surface area contributed by atoms with E-state index in [0.717, 1.165) is 42.8 Å². The molecule has 0 aliphatic carbocycles. The maximum atomic E-state index is 12.7. The Morgan fingerprint density at radius 2 is 1.85 bits per heavy atom. The predicted octanol–water partition coefficient (Wildman–Crippen LogP) is 3.39. The lowest BCUT2D eigenvalue weighted by atomic mass is 9.98. The van der Waals surface area contributed by atoms with Crippen molar-refractivity contribution in [3.63, 3.8) is 0 Å². The number of rotatable bonds is 2. The second-order valence-electron chi connectivity index (χ2n) is 7.05. The minimum atomic E-state index is -0.370. The molecule has 0 bridgehead atoms. The highest BCUT2D eigenvalue weighted by atomic mass is 16.4. The number of anilines is 1. The Hall–Kier alpha value is -3.10. The van der Waals surface area contributed by atoms with Crippen molar-refractivity contribution in [1.82, 2.24) is 4.90 Å². The van der Waals surface area contributed by atoms with Crippen molar-refractivity contribution in [2.24, 2.45) is 0 Å². The van der Waals surface area contributed by atoms with E-state index in [4.69, 9.17) is 9.68 Å². The van der Waals surface area contributed by atoms with Crippen LogP contribution in [0.15, 0.2) is 51.7 Å². The Morgan fingerprint density at radius 1 is 1.07 bits per heavy atom. The minimum Gasteiger partial charge on any atom is -0.422 e. The fourth-order valence-corrected chi connectivity index (χ4v) is 3.68. The summed E-state index contributed by atoms with van der Waals surface area (Å²) in [7, 11) is 2.13. The summed E-state index contributed by atoms with van der Waals surface area (Å²) >= 11 is 0. The van der Waals surface area contributed by atoms with Crippen LogP contribution in [0.1, 0.15) is 11.1 Å². The number of hydrogen-bond donors (Lipinski definition) is 0. The topological polar surface area (TPSA) is 60.5 Å². The van der Waals surface area contributed by atoms with E-state index in [2.05, 4.69) is 29.0 Å². The third-order valence-electron chi connectivity index (χ3n) is 5.30. The molecule has 0 amide bonds. The van der Waals surface area contributed by atoms with Gasteiger partial charge in [-0.05, 0) is 49.4 Å². The highest BCUT2D eigenvalue weighted by Crippen LogP contribution is 2.30. The van der Waals surface area contributed by atoms with Crippen molar-refractivity contribution in [3.05, 3.63) is 64.0 Å². The van der Waals surface area contributed by atoms with Crippen LogP contribution in [0.4, 0.5) is 5.69 Å². The molecule has 1 aliphatic heterocycles. The third kappa shape index (κ3) is 3.20. The molecule has 1 aromatic heterocycles. The SMILES string of the molecule is Cc1c(-c2cccc(C#N)c2)c(=O)oc2cc(N3CCN(C)CC3)ccc12. The smallest absolute Gasteiger partial charge is 0.344 e. The molecular weight excluding hydrogens is 338 g/mol. The number of nitrogens with zero attached hydrogens (tertiary/aromatic N) is 3. The quantitative estimate of drug-likeness (QED) is 0.657. The summed E-state index contributed by atoms with van der Waals surface area (Å²) in [6.45, 7) is 5.90. The first-order valence-electron chi connectivity index (χ1n) is 9.08. The molecule has 5 heteroatoms. The molecule has 3 aromatic rings. The van der Waals surface area contributed by atoms with Gasteiger partial charge >= 0.3 is 5.63 Å². The van der Waals surface area contributed by atoms with Gasteiger partial charge in [0.15, 0.2) is 0 Å². The summed E-state index contributed by atoms with van der Waals surface area (Å²) in [5.41, 5.74) is 3.95. The fraction of sp³-hybridized carbons (Fsp3) is 0.273. The van der Waals surface area contributed by atoms with E-state index >= 15 is 0 Å². The zero-order chi connectivity index (χ0) is 19.0. The number of piperazine rings is 1. The van der Waals surface area contributed by atoms with Crippen LogP contribution in [-0.4, -0.2) is 38.1 Å². The van der Waals surface area contributed by atoms with Crippen molar-refractivity contribution in [2.45, 2.75) is 6.92 Å². The molecular formula is C22H21N3O2. The molecule has 0 N–H and O–H groups in total. The van der Waals surface area contributed by atoms with Crippen LogP contribution in [0.3, 0.4) is 0 Å². The van der Waals surface area contributed by atoms with Crippen LogP contribution in [-0.2, 0) is 0 Å². The van der Waals surface area contributed by atoms with Gasteiger partial charge in [0.05, 0.1) is 17.2 Å². The molecule has 0 unspecified atom stereocenters. The number of hydrogen-bond acceptors (Lipinski definition) is 5. The summed E-state index contributed by atoms with van der Waals surface area (Å²) in [6, 6.07) is 15.3. The number of nitriles is 1. The molecule has 27 heavy (non-hydrogen) atoms. The van der Waals surface area contributed by atoms with E-state index in [1.165, 1.54) is 0 Å². The highest BCUT2D eigenvalue weighted by Gasteiger charge is 2.17. The maximum Gasteiger partial charge on any atom is 0.344 e. The van der Waals surface area contributed by atoms with Crippen LogP contribution >= 0.6 is 0 Å². The van der Waals surface area contributed by atoms with Gasteiger partial charge in [-0.2, -0.15) is 5.26 Å². The molecule has 4 rings (SSSR count). The first kappa shape index (κ1) is 17.3. The molecule has 1 aliphatic rings. The summed E-state index contributed by atoms with van der Waals surface area (Å²) in [5, 5.41) is 10.1. The van der Waals surface area contributed by atoms with Gasteiger partial charge in [-0.1, -0.05) is 12.1 Å². The molecule has 5 nitrogen and oxygen atoms in total. The van der Waals surface area contributed by atoms with Gasteiger partial charge in [0.1, 0.15) is 5.58 Å². The zero-order valence-electron chi connectivity index (χ0n) is 15.5. The highest BCUT2D eigenvalue weighted by molar-refractivity contribution is 5.88. The van der Waals surface area contributed by atoms with E-state index in [9.17, 15) is 4.79 Å². The van der Waals surface area contributed by atoms with Crippen molar-refractivity contribution >= 4 is 16.7 Å². The van der Waals surface area contributed by atoms with E-state index in [1.54, 1.807) is 18.2 Å². The molecule has 136 valence electrons. The van der Waals surface area contributed by atoms with Crippen molar-refractivity contribution in [1.29, 1.82) is 5.26 Å². The lowest BCUT2D eigenvalue weighted by Gasteiger charge is -2.34. The molecule has 0 saturated carbocycles. The normalized spacial score (nSPS) is 15.1. The number of fused-ring (bicyclic) bond motifs is 1. The van der Waals surface area contributed by atoms with E-state index in [1.807, 2.05) is 25.1 Å². The molecule has 1 saturated heterocycles. The van der Waals surface area contributed by atoms with Gasteiger partial charge in [-0.15, -0.1) is 0 Å². The molecule has 2 aromatic carbocycles. The lowest BCUT2D eigenvalue weighted by molar-refractivity contribution is 0.313. The van der Waals surface area contributed by atoms with Crippen LogP contribution in [0.2, 0.25) is 0 Å². The van der Waals surface area contributed by atoms with E-state index in [0.29, 0.717) is 22.3 Å². The lowest BCUT2D eigenvalue weighted by Crippen LogP contribution is -2.44. The first-order chi connectivity index (χ1) is 13.1. The third-order valence-corrected chi connectivity index (χ3v) is 5.30. The summed E-state index contributed by atoms with van der Waals surface area (Å²) in [5.74, 6) is 0. The monoisotopic (exact) mass is 359 g/mol. The number of aryl methyl sites for hydroxylation is 1. The molecule has 0 atom stereocenters. The zero-order valence-corrected chi connectivity index (χ0v) is 15.5. The number of likely N-dealkylation sites (N-methyl/N-ethyl adjacent to an activating group) is 1. The van der Waals surface area contributed by atoms with Gasteiger partial charge in [0.25, 0.3) is 0 Å². The van der Waals surface area contributed by atoms with E-state index in [-0.39, 0.29) is 5.63 Å². The maximum absolute atomic E-state index is 12.7. The second-order valence-corrected chi connectivity index (χ2v) is 7.05. The van der Waals surface area contributed by atoms with Gasteiger partial charge in [-0.25, -0.2) is 4.79 Å². The molecule has 0 radical (unpaired) electrons. The Labute approximate surface area is 158 Å². The average molecular weight is 359 g/mol. The van der Waals surface area contributed by atoms with Crippen LogP contribution in [0.25, 0.3) is 22.1 Å².